The molecule has 0 heterocycles. The van der Waals surface area contributed by atoms with Gasteiger partial charge in [-0.2, -0.15) is 0 Å². The minimum atomic E-state index is 0.303. The van der Waals surface area contributed by atoms with Gasteiger partial charge in [-0.1, -0.05) is 91.9 Å². The van der Waals surface area contributed by atoms with Gasteiger partial charge in [0.2, 0.25) is 0 Å². The van der Waals surface area contributed by atoms with Crippen LogP contribution in [0.2, 0.25) is 0 Å². The smallest absolute Gasteiger partial charge is 0.00787 e. The zero-order valence-electron chi connectivity index (χ0n) is 16.6. The highest BCUT2D eigenvalue weighted by atomic mass is 14.3. The van der Waals surface area contributed by atoms with Gasteiger partial charge >= 0.3 is 0 Å². The van der Waals surface area contributed by atoms with E-state index >= 15 is 0 Å². The number of benzene rings is 1. The minimum Gasteiger partial charge on any atom is -0.0991 e. The van der Waals surface area contributed by atoms with Gasteiger partial charge in [0.25, 0.3) is 0 Å². The number of rotatable bonds is 10. The third kappa shape index (κ3) is 6.02. The number of hydrogen-bond donors (Lipinski definition) is 0. The van der Waals surface area contributed by atoms with E-state index in [1.807, 2.05) is 12.2 Å². The Labute approximate surface area is 160 Å². The normalized spacial score (nSPS) is 20.3. The molecule has 1 atom stereocenters. The summed E-state index contributed by atoms with van der Waals surface area (Å²) in [5, 5.41) is 0. The second-order valence-electron chi connectivity index (χ2n) is 7.79. The fourth-order valence-electron chi connectivity index (χ4n) is 3.85. The summed E-state index contributed by atoms with van der Waals surface area (Å²) < 4.78 is 0. The lowest BCUT2D eigenvalue weighted by molar-refractivity contribution is 0.341. The number of aryl methyl sites for hydroxylation is 1. The standard InChI is InChI=1S/C26H34/c1-5-12-23(6-2)17-11-20-26(4)21-25(19-18-22(26)3)16-10-15-24-13-8-7-9-14-24/h5-9,12-14,18-19H,1-2,10-11,15-17,20-21H2,3-4H3/b23-12+. The lowest BCUT2D eigenvalue weighted by atomic mass is 9.70. The molecule has 0 N–H and O–H groups in total. The van der Waals surface area contributed by atoms with Gasteiger partial charge in [0, 0.05) is 0 Å². The van der Waals surface area contributed by atoms with Crippen LogP contribution >= 0.6 is 0 Å². The Morgan fingerprint density at radius 2 is 1.85 bits per heavy atom. The van der Waals surface area contributed by atoms with Crippen molar-refractivity contribution >= 4 is 0 Å². The van der Waals surface area contributed by atoms with Crippen LogP contribution in [0.3, 0.4) is 0 Å². The predicted octanol–water partition coefficient (Wildman–Crippen LogP) is 7.76. The van der Waals surface area contributed by atoms with Crippen molar-refractivity contribution in [2.45, 2.75) is 58.8 Å². The molecule has 26 heavy (non-hydrogen) atoms. The van der Waals surface area contributed by atoms with Crippen molar-refractivity contribution in [2.24, 2.45) is 5.41 Å². The monoisotopic (exact) mass is 346 g/mol. The predicted molar refractivity (Wildman–Crippen MR) is 116 cm³/mol. The lowest BCUT2D eigenvalue weighted by Crippen LogP contribution is -2.21. The zero-order chi connectivity index (χ0) is 18.8. The molecule has 0 bridgehead atoms. The Morgan fingerprint density at radius 1 is 1.08 bits per heavy atom. The van der Waals surface area contributed by atoms with E-state index in [-0.39, 0.29) is 0 Å². The van der Waals surface area contributed by atoms with Crippen LogP contribution in [0.25, 0.3) is 0 Å². The topological polar surface area (TPSA) is 0 Å². The Morgan fingerprint density at radius 3 is 2.54 bits per heavy atom. The van der Waals surface area contributed by atoms with Crippen molar-refractivity contribution in [1.82, 2.24) is 0 Å². The van der Waals surface area contributed by atoms with Gasteiger partial charge in [-0.15, -0.1) is 0 Å². The maximum atomic E-state index is 3.91. The molecule has 1 aromatic carbocycles. The van der Waals surface area contributed by atoms with Crippen LogP contribution in [0.15, 0.2) is 90.6 Å². The molecule has 1 aliphatic carbocycles. The summed E-state index contributed by atoms with van der Waals surface area (Å²) in [5.41, 5.74) is 6.18. The molecule has 0 heteroatoms. The first-order chi connectivity index (χ1) is 12.6. The molecule has 0 radical (unpaired) electrons. The Hall–Kier alpha value is -2.08. The molecule has 0 aliphatic heterocycles. The molecular weight excluding hydrogens is 312 g/mol. The van der Waals surface area contributed by atoms with Gasteiger partial charge in [0.05, 0.1) is 0 Å². The fourth-order valence-corrected chi connectivity index (χ4v) is 3.85. The quantitative estimate of drug-likeness (QED) is 0.380. The first-order valence-corrected chi connectivity index (χ1v) is 9.92. The van der Waals surface area contributed by atoms with Crippen LogP contribution in [0, 0.1) is 5.41 Å². The molecule has 1 unspecified atom stereocenters. The first kappa shape index (κ1) is 20.2. The van der Waals surface area contributed by atoms with Crippen molar-refractivity contribution in [3.05, 3.63) is 96.2 Å². The second kappa shape index (κ2) is 10.2. The van der Waals surface area contributed by atoms with Gasteiger partial charge in [-0.05, 0) is 68.4 Å². The lowest BCUT2D eigenvalue weighted by Gasteiger charge is -2.35. The van der Waals surface area contributed by atoms with Crippen LogP contribution in [0.4, 0.5) is 0 Å². The summed E-state index contributed by atoms with van der Waals surface area (Å²) in [4.78, 5) is 0. The van der Waals surface area contributed by atoms with E-state index in [4.69, 9.17) is 0 Å². The minimum absolute atomic E-state index is 0.303. The molecule has 138 valence electrons. The van der Waals surface area contributed by atoms with Gasteiger partial charge in [-0.3, -0.25) is 0 Å². The van der Waals surface area contributed by atoms with Crippen LogP contribution in [-0.2, 0) is 6.42 Å². The molecule has 0 saturated carbocycles. The van der Waals surface area contributed by atoms with Crippen molar-refractivity contribution < 1.29 is 0 Å². The molecule has 0 saturated heterocycles. The van der Waals surface area contributed by atoms with Crippen molar-refractivity contribution in [3.63, 3.8) is 0 Å². The number of hydrogen-bond acceptors (Lipinski definition) is 0. The van der Waals surface area contributed by atoms with Gasteiger partial charge < -0.3 is 0 Å². The summed E-state index contributed by atoms with van der Waals surface area (Å²) in [6.07, 6.45) is 19.0. The van der Waals surface area contributed by atoms with Crippen molar-refractivity contribution in [3.8, 4) is 0 Å². The maximum Gasteiger partial charge on any atom is -0.00787 e. The summed E-state index contributed by atoms with van der Waals surface area (Å²) in [7, 11) is 0. The van der Waals surface area contributed by atoms with Gasteiger partial charge in [-0.25, -0.2) is 0 Å². The van der Waals surface area contributed by atoms with Crippen molar-refractivity contribution in [1.29, 1.82) is 0 Å². The van der Waals surface area contributed by atoms with E-state index in [0.717, 1.165) is 6.42 Å². The highest BCUT2D eigenvalue weighted by Gasteiger charge is 2.28. The Kier molecular flexibility index (Phi) is 7.91. The molecule has 0 fully saturated rings. The van der Waals surface area contributed by atoms with E-state index in [1.54, 1.807) is 5.57 Å². The summed E-state index contributed by atoms with van der Waals surface area (Å²) in [6, 6.07) is 10.8. The average Bonchev–Trinajstić information content (AvgIpc) is 2.65. The summed E-state index contributed by atoms with van der Waals surface area (Å²) in [6.45, 7) is 12.4. The molecule has 0 amide bonds. The Balaban J connectivity index is 1.85. The average molecular weight is 347 g/mol. The van der Waals surface area contributed by atoms with E-state index < -0.39 is 0 Å². The molecule has 1 aromatic rings. The Bertz CT molecular complexity index is 684. The van der Waals surface area contributed by atoms with Crippen LogP contribution in [0.1, 0.15) is 57.9 Å². The van der Waals surface area contributed by atoms with Crippen LogP contribution in [0.5, 0.6) is 0 Å². The zero-order valence-corrected chi connectivity index (χ0v) is 16.6. The van der Waals surface area contributed by atoms with Gasteiger partial charge in [0.15, 0.2) is 0 Å². The molecular formula is C26H34. The first-order valence-electron chi connectivity index (χ1n) is 9.92. The van der Waals surface area contributed by atoms with E-state index in [9.17, 15) is 0 Å². The van der Waals surface area contributed by atoms with Crippen LogP contribution in [-0.4, -0.2) is 0 Å². The number of allylic oxidation sites excluding steroid dienone is 8. The molecule has 0 spiro atoms. The maximum absolute atomic E-state index is 3.91. The summed E-state index contributed by atoms with van der Waals surface area (Å²) in [5.74, 6) is 0. The van der Waals surface area contributed by atoms with Crippen LogP contribution < -0.4 is 0 Å². The van der Waals surface area contributed by atoms with Crippen molar-refractivity contribution in [2.75, 3.05) is 0 Å². The summed E-state index contributed by atoms with van der Waals surface area (Å²) >= 11 is 0. The highest BCUT2D eigenvalue weighted by molar-refractivity contribution is 5.30. The second-order valence-corrected chi connectivity index (χ2v) is 7.79. The van der Waals surface area contributed by atoms with E-state index in [1.165, 1.54) is 55.2 Å². The van der Waals surface area contributed by atoms with Gasteiger partial charge in [0.1, 0.15) is 0 Å². The fraction of sp³-hybridized carbons (Fsp3) is 0.385. The molecule has 1 aliphatic rings. The third-order valence-corrected chi connectivity index (χ3v) is 5.73. The molecule has 0 nitrogen and oxygen atoms in total. The largest absolute Gasteiger partial charge is 0.0991 e. The third-order valence-electron chi connectivity index (χ3n) is 5.73. The molecule has 0 aromatic heterocycles. The SMILES string of the molecule is C=C/C=C(\C=C)CCCC1(C)CC(CCCc2ccccc2)=CC=C1C. The molecule has 2 rings (SSSR count). The highest BCUT2D eigenvalue weighted by Crippen LogP contribution is 2.42. The van der Waals surface area contributed by atoms with E-state index in [0.29, 0.717) is 5.41 Å². The van der Waals surface area contributed by atoms with E-state index in [2.05, 4.69) is 75.6 Å².